The first-order chi connectivity index (χ1) is 18.1. The van der Waals surface area contributed by atoms with Crippen LogP contribution in [0.25, 0.3) is 22.4 Å². The number of piperidine rings is 1. The second-order valence-electron chi connectivity index (χ2n) is 9.99. The molecule has 3 aromatic heterocycles. The lowest BCUT2D eigenvalue weighted by Crippen LogP contribution is -2.50. The Labute approximate surface area is 213 Å². The van der Waals surface area contributed by atoms with Crippen molar-refractivity contribution in [2.45, 2.75) is 44.0 Å². The van der Waals surface area contributed by atoms with E-state index in [0.717, 1.165) is 29.9 Å². The van der Waals surface area contributed by atoms with Gasteiger partial charge in [0.25, 0.3) is 5.56 Å². The number of hydrogen-bond acceptors (Lipinski definition) is 6. The number of likely N-dealkylation sites (tertiary alicyclic amines) is 1. The summed E-state index contributed by atoms with van der Waals surface area (Å²) in [6, 6.07) is 6.53. The van der Waals surface area contributed by atoms with Crippen molar-refractivity contribution in [3.63, 3.8) is 0 Å². The quantitative estimate of drug-likeness (QED) is 0.427. The van der Waals surface area contributed by atoms with E-state index in [9.17, 15) is 27.9 Å². The molecule has 10 nitrogen and oxygen atoms in total. The Morgan fingerprint density at radius 2 is 1.84 bits per heavy atom. The molecule has 4 aromatic rings. The number of benzene rings is 1. The van der Waals surface area contributed by atoms with Gasteiger partial charge in [-0.25, -0.2) is 14.3 Å². The molecule has 1 saturated carbocycles. The van der Waals surface area contributed by atoms with Gasteiger partial charge in [0.05, 0.1) is 41.5 Å². The lowest BCUT2D eigenvalue weighted by Gasteiger charge is -2.38. The van der Waals surface area contributed by atoms with E-state index < -0.39 is 17.3 Å². The first-order valence-electron chi connectivity index (χ1n) is 12.3. The number of hydrogen-bond donors (Lipinski definition) is 1. The van der Waals surface area contributed by atoms with Crippen LogP contribution in [0.2, 0.25) is 0 Å². The van der Waals surface area contributed by atoms with E-state index in [1.807, 2.05) is 0 Å². The van der Waals surface area contributed by atoms with E-state index >= 15 is 0 Å². The van der Waals surface area contributed by atoms with Gasteiger partial charge in [-0.2, -0.15) is 23.4 Å². The molecular formula is C25H24F3N7O3. The summed E-state index contributed by atoms with van der Waals surface area (Å²) in [5, 5.41) is 19.5. The predicted molar refractivity (Wildman–Crippen MR) is 129 cm³/mol. The van der Waals surface area contributed by atoms with Crippen LogP contribution in [0.4, 0.5) is 13.2 Å². The SMILES string of the molecule is O=C(C1CC1)N1CCC(O)(Cn2cnc3c(cnn3-c3cccc(-n4cc(C(F)(F)F)cn4)c3)c2=O)CC1. The Bertz CT molecular complexity index is 1580. The van der Waals surface area contributed by atoms with E-state index in [0.29, 0.717) is 37.3 Å². The molecule has 0 atom stereocenters. The zero-order chi connectivity index (χ0) is 26.7. The monoisotopic (exact) mass is 527 g/mol. The van der Waals surface area contributed by atoms with Crippen LogP contribution in [-0.4, -0.2) is 63.7 Å². The highest BCUT2D eigenvalue weighted by Gasteiger charge is 2.39. The number of aliphatic hydroxyl groups is 1. The van der Waals surface area contributed by atoms with Crippen molar-refractivity contribution >= 4 is 16.9 Å². The first kappa shape index (κ1) is 24.3. The van der Waals surface area contributed by atoms with Crippen molar-refractivity contribution < 1.29 is 23.1 Å². The largest absolute Gasteiger partial charge is 0.419 e. The maximum atomic E-state index is 13.2. The molecule has 1 aliphatic heterocycles. The molecule has 0 unspecified atom stereocenters. The molecule has 198 valence electrons. The van der Waals surface area contributed by atoms with Crippen LogP contribution in [0.5, 0.6) is 0 Å². The third-order valence-electron chi connectivity index (χ3n) is 7.20. The second-order valence-corrected chi connectivity index (χ2v) is 9.99. The van der Waals surface area contributed by atoms with Gasteiger partial charge in [-0.1, -0.05) is 6.07 Å². The number of carbonyl (C=O) groups excluding carboxylic acids is 1. The third kappa shape index (κ3) is 4.46. The second kappa shape index (κ2) is 8.79. The van der Waals surface area contributed by atoms with Gasteiger partial charge in [0.2, 0.25) is 5.91 Å². The molecule has 6 rings (SSSR count). The maximum absolute atomic E-state index is 13.2. The molecular weight excluding hydrogens is 503 g/mol. The molecule has 1 aromatic carbocycles. The molecule has 0 spiro atoms. The van der Waals surface area contributed by atoms with E-state index in [4.69, 9.17) is 0 Å². The van der Waals surface area contributed by atoms with Gasteiger partial charge in [0.1, 0.15) is 11.7 Å². The molecule has 0 radical (unpaired) electrons. The van der Waals surface area contributed by atoms with Crippen molar-refractivity contribution in [1.82, 2.24) is 34.0 Å². The topological polar surface area (TPSA) is 111 Å². The van der Waals surface area contributed by atoms with Crippen LogP contribution in [0.3, 0.4) is 0 Å². The van der Waals surface area contributed by atoms with Gasteiger partial charge in [0.15, 0.2) is 5.65 Å². The Morgan fingerprint density at radius 1 is 1.11 bits per heavy atom. The number of rotatable bonds is 5. The summed E-state index contributed by atoms with van der Waals surface area (Å²) in [6.07, 6.45) is 2.48. The fourth-order valence-corrected chi connectivity index (χ4v) is 4.83. The van der Waals surface area contributed by atoms with E-state index in [1.54, 1.807) is 29.2 Å². The minimum atomic E-state index is -4.50. The summed E-state index contributed by atoms with van der Waals surface area (Å²) in [6.45, 7) is 0.943. The number of aromatic nitrogens is 6. The molecule has 38 heavy (non-hydrogen) atoms. The lowest BCUT2D eigenvalue weighted by molar-refractivity contribution is -0.138. The standard InChI is InChI=1S/C25H24F3N7O3/c26-25(27,28)17-11-30-34(13-17)18-2-1-3-19(10-18)35-21-20(12-31-35)23(37)33(15-29-21)14-24(38)6-8-32(9-7-24)22(36)16-4-5-16/h1-3,10-13,15-16,38H,4-9,14H2. The van der Waals surface area contributed by atoms with Gasteiger partial charge in [-0.05, 0) is 43.9 Å². The van der Waals surface area contributed by atoms with Crippen LogP contribution in [-0.2, 0) is 17.5 Å². The van der Waals surface area contributed by atoms with Gasteiger partial charge in [0, 0.05) is 25.2 Å². The average molecular weight is 528 g/mol. The zero-order valence-electron chi connectivity index (χ0n) is 20.2. The highest BCUT2D eigenvalue weighted by atomic mass is 19.4. The van der Waals surface area contributed by atoms with Crippen molar-refractivity contribution in [2.24, 2.45) is 5.92 Å². The molecule has 1 N–H and O–H groups in total. The van der Waals surface area contributed by atoms with Crippen LogP contribution in [0, 0.1) is 5.92 Å². The summed E-state index contributed by atoms with van der Waals surface area (Å²) >= 11 is 0. The fourth-order valence-electron chi connectivity index (χ4n) is 4.83. The summed E-state index contributed by atoms with van der Waals surface area (Å²) in [5.41, 5.74) is -1.23. The van der Waals surface area contributed by atoms with Crippen LogP contribution >= 0.6 is 0 Å². The molecule has 4 heterocycles. The molecule has 1 amide bonds. The Hall–Kier alpha value is -4.00. The number of carbonyl (C=O) groups is 1. The highest BCUT2D eigenvalue weighted by Crippen LogP contribution is 2.33. The summed E-state index contributed by atoms with van der Waals surface area (Å²) < 4.78 is 42.8. The highest BCUT2D eigenvalue weighted by molar-refractivity contribution is 5.81. The van der Waals surface area contributed by atoms with Crippen molar-refractivity contribution in [2.75, 3.05) is 13.1 Å². The summed E-state index contributed by atoms with van der Waals surface area (Å²) in [7, 11) is 0. The van der Waals surface area contributed by atoms with Crippen LogP contribution < -0.4 is 5.56 Å². The molecule has 0 bridgehead atoms. The molecule has 13 heteroatoms. The molecule has 1 saturated heterocycles. The van der Waals surface area contributed by atoms with Gasteiger partial charge in [-0.15, -0.1) is 0 Å². The molecule has 2 fully saturated rings. The number of alkyl halides is 3. The molecule has 2 aliphatic rings. The number of halogens is 3. The van der Waals surface area contributed by atoms with E-state index in [2.05, 4.69) is 15.2 Å². The van der Waals surface area contributed by atoms with Crippen molar-refractivity contribution in [3.05, 3.63) is 65.1 Å². The van der Waals surface area contributed by atoms with E-state index in [1.165, 1.54) is 21.8 Å². The minimum Gasteiger partial charge on any atom is -0.388 e. The Kier molecular flexibility index (Phi) is 5.63. The fraction of sp³-hybridized carbons (Fsp3) is 0.400. The van der Waals surface area contributed by atoms with Crippen molar-refractivity contribution in [1.29, 1.82) is 0 Å². The predicted octanol–water partition coefficient (Wildman–Crippen LogP) is 2.55. The van der Waals surface area contributed by atoms with Crippen LogP contribution in [0.15, 0.2) is 54.0 Å². The van der Waals surface area contributed by atoms with Gasteiger partial charge in [-0.3, -0.25) is 14.2 Å². The maximum Gasteiger partial charge on any atom is 0.419 e. The van der Waals surface area contributed by atoms with Crippen molar-refractivity contribution in [3.8, 4) is 11.4 Å². The number of fused-ring (bicyclic) bond motifs is 1. The summed E-state index contributed by atoms with van der Waals surface area (Å²) in [5.74, 6) is 0.279. The smallest absolute Gasteiger partial charge is 0.388 e. The minimum absolute atomic E-state index is 0.0434. The first-order valence-corrected chi connectivity index (χ1v) is 12.3. The normalized spacial score (nSPS) is 17.7. The van der Waals surface area contributed by atoms with Gasteiger partial charge >= 0.3 is 6.18 Å². The summed E-state index contributed by atoms with van der Waals surface area (Å²) in [4.78, 5) is 31.7. The van der Waals surface area contributed by atoms with Crippen LogP contribution in [0.1, 0.15) is 31.2 Å². The van der Waals surface area contributed by atoms with Gasteiger partial charge < -0.3 is 10.0 Å². The third-order valence-corrected chi connectivity index (χ3v) is 7.20. The average Bonchev–Trinajstić information content (AvgIpc) is 3.43. The Morgan fingerprint density at radius 3 is 2.53 bits per heavy atom. The molecule has 1 aliphatic carbocycles. The van der Waals surface area contributed by atoms with E-state index in [-0.39, 0.29) is 35.0 Å². The number of amides is 1. The lowest BCUT2D eigenvalue weighted by atomic mass is 9.91. The zero-order valence-corrected chi connectivity index (χ0v) is 20.2. The number of nitrogens with zero attached hydrogens (tertiary/aromatic N) is 7. The Balaban J connectivity index is 1.23.